The number of carbonyl (C=O) groups excluding carboxylic acids is 1. The number of thiophene rings is 1. The molecule has 18 heavy (non-hydrogen) atoms. The van der Waals surface area contributed by atoms with Crippen LogP contribution in [-0.2, 0) is 16.0 Å². The molecule has 1 N–H and O–H groups in total. The van der Waals surface area contributed by atoms with Gasteiger partial charge in [-0.2, -0.15) is 11.3 Å². The van der Waals surface area contributed by atoms with E-state index in [0.29, 0.717) is 12.5 Å². The molecule has 2 heterocycles. The molecule has 1 aromatic heterocycles. The number of hydrogen-bond acceptors (Lipinski definition) is 3. The van der Waals surface area contributed by atoms with E-state index >= 15 is 0 Å². The van der Waals surface area contributed by atoms with Crippen LogP contribution in [0.2, 0.25) is 0 Å². The van der Waals surface area contributed by atoms with Gasteiger partial charge >= 0.3 is 0 Å². The SMILES string of the molecule is O=C(Cc1ccsc1)NCCCCC1CCCO1. The molecular weight excluding hydrogens is 246 g/mol. The number of amides is 1. The van der Waals surface area contributed by atoms with Crippen LogP contribution in [0, 0.1) is 0 Å². The third-order valence-corrected chi connectivity index (χ3v) is 3.98. The predicted molar refractivity (Wildman–Crippen MR) is 73.9 cm³/mol. The molecule has 1 unspecified atom stereocenters. The van der Waals surface area contributed by atoms with Gasteiger partial charge < -0.3 is 10.1 Å². The Morgan fingerprint density at radius 1 is 1.50 bits per heavy atom. The monoisotopic (exact) mass is 267 g/mol. The normalized spacial score (nSPS) is 19.0. The number of unbranched alkanes of at least 4 members (excludes halogenated alkanes) is 1. The molecule has 1 saturated heterocycles. The maximum atomic E-state index is 11.6. The Labute approximate surface area is 113 Å². The zero-order valence-electron chi connectivity index (χ0n) is 10.7. The molecule has 0 bridgehead atoms. The van der Waals surface area contributed by atoms with Crippen molar-refractivity contribution in [1.82, 2.24) is 5.32 Å². The van der Waals surface area contributed by atoms with Crippen LogP contribution < -0.4 is 5.32 Å². The third kappa shape index (κ3) is 4.78. The van der Waals surface area contributed by atoms with Gasteiger partial charge in [0, 0.05) is 13.2 Å². The Balaban J connectivity index is 1.48. The quantitative estimate of drug-likeness (QED) is 0.771. The summed E-state index contributed by atoms with van der Waals surface area (Å²) in [5.41, 5.74) is 1.11. The third-order valence-electron chi connectivity index (χ3n) is 3.24. The van der Waals surface area contributed by atoms with Crippen molar-refractivity contribution in [3.63, 3.8) is 0 Å². The minimum Gasteiger partial charge on any atom is -0.378 e. The molecule has 0 saturated carbocycles. The summed E-state index contributed by atoms with van der Waals surface area (Å²) in [5, 5.41) is 7.00. The fourth-order valence-corrected chi connectivity index (χ4v) is 2.91. The zero-order valence-corrected chi connectivity index (χ0v) is 11.5. The standard InChI is InChI=1S/C14H21NO2S/c16-14(10-12-6-9-18-11-12)15-7-2-1-4-13-5-3-8-17-13/h6,9,11,13H,1-5,7-8,10H2,(H,15,16). The lowest BCUT2D eigenvalue weighted by atomic mass is 10.1. The van der Waals surface area contributed by atoms with Crippen molar-refractivity contribution in [3.8, 4) is 0 Å². The fraction of sp³-hybridized carbons (Fsp3) is 0.643. The van der Waals surface area contributed by atoms with Crippen molar-refractivity contribution in [2.45, 2.75) is 44.6 Å². The molecule has 0 aromatic carbocycles. The summed E-state index contributed by atoms with van der Waals surface area (Å²) in [5.74, 6) is 0.130. The highest BCUT2D eigenvalue weighted by Gasteiger charge is 2.14. The van der Waals surface area contributed by atoms with Gasteiger partial charge in [-0.1, -0.05) is 0 Å². The molecule has 1 amide bonds. The minimum atomic E-state index is 0.130. The van der Waals surface area contributed by atoms with Gasteiger partial charge in [0.1, 0.15) is 0 Å². The van der Waals surface area contributed by atoms with Crippen molar-refractivity contribution >= 4 is 17.2 Å². The van der Waals surface area contributed by atoms with Crippen molar-refractivity contribution in [2.75, 3.05) is 13.2 Å². The van der Waals surface area contributed by atoms with Crippen LogP contribution in [0.1, 0.15) is 37.7 Å². The van der Waals surface area contributed by atoms with Gasteiger partial charge in [0.05, 0.1) is 12.5 Å². The summed E-state index contributed by atoms with van der Waals surface area (Å²) >= 11 is 1.63. The van der Waals surface area contributed by atoms with E-state index in [2.05, 4.69) is 5.32 Å². The minimum absolute atomic E-state index is 0.130. The molecule has 1 aromatic rings. The van der Waals surface area contributed by atoms with Crippen LogP contribution in [0.3, 0.4) is 0 Å². The van der Waals surface area contributed by atoms with E-state index < -0.39 is 0 Å². The van der Waals surface area contributed by atoms with Crippen LogP contribution in [0.25, 0.3) is 0 Å². The first-order valence-corrected chi connectivity index (χ1v) is 7.68. The first-order valence-electron chi connectivity index (χ1n) is 6.74. The van der Waals surface area contributed by atoms with Gasteiger partial charge in [0.15, 0.2) is 0 Å². The van der Waals surface area contributed by atoms with Crippen LogP contribution in [0.5, 0.6) is 0 Å². The Kier molecular flexibility index (Phi) is 5.68. The molecule has 0 spiro atoms. The number of rotatable bonds is 7. The summed E-state index contributed by atoms with van der Waals surface area (Å²) in [7, 11) is 0. The van der Waals surface area contributed by atoms with Crippen molar-refractivity contribution < 1.29 is 9.53 Å². The maximum Gasteiger partial charge on any atom is 0.224 e. The van der Waals surface area contributed by atoms with E-state index in [1.165, 1.54) is 12.8 Å². The lowest BCUT2D eigenvalue weighted by molar-refractivity contribution is -0.120. The average molecular weight is 267 g/mol. The number of ether oxygens (including phenoxy) is 1. The lowest BCUT2D eigenvalue weighted by Crippen LogP contribution is -2.26. The molecule has 2 rings (SSSR count). The van der Waals surface area contributed by atoms with Crippen molar-refractivity contribution in [1.29, 1.82) is 0 Å². The number of carbonyl (C=O) groups is 1. The summed E-state index contributed by atoms with van der Waals surface area (Å²) in [6.45, 7) is 1.72. The Morgan fingerprint density at radius 3 is 3.17 bits per heavy atom. The highest BCUT2D eigenvalue weighted by molar-refractivity contribution is 7.07. The van der Waals surface area contributed by atoms with E-state index in [0.717, 1.165) is 38.0 Å². The second-order valence-electron chi connectivity index (χ2n) is 4.79. The second-order valence-corrected chi connectivity index (χ2v) is 5.57. The van der Waals surface area contributed by atoms with E-state index in [-0.39, 0.29) is 5.91 Å². The Hall–Kier alpha value is -0.870. The van der Waals surface area contributed by atoms with E-state index in [1.807, 2.05) is 16.8 Å². The van der Waals surface area contributed by atoms with Gasteiger partial charge in [0.25, 0.3) is 0 Å². The molecular formula is C14H21NO2S. The Bertz CT molecular complexity index is 345. The fourth-order valence-electron chi connectivity index (χ4n) is 2.24. The molecule has 3 nitrogen and oxygen atoms in total. The summed E-state index contributed by atoms with van der Waals surface area (Å²) < 4.78 is 5.56. The predicted octanol–water partition coefficient (Wildman–Crippen LogP) is 2.76. The van der Waals surface area contributed by atoms with Crippen LogP contribution in [0.4, 0.5) is 0 Å². The second kappa shape index (κ2) is 7.54. The average Bonchev–Trinajstić information content (AvgIpc) is 3.01. The molecule has 1 atom stereocenters. The van der Waals surface area contributed by atoms with Crippen LogP contribution >= 0.6 is 11.3 Å². The molecule has 100 valence electrons. The maximum absolute atomic E-state index is 11.6. The molecule has 1 aliphatic heterocycles. The highest BCUT2D eigenvalue weighted by Crippen LogP contribution is 2.17. The molecule has 0 aliphatic carbocycles. The van der Waals surface area contributed by atoms with Crippen LogP contribution in [-0.4, -0.2) is 25.2 Å². The smallest absolute Gasteiger partial charge is 0.224 e. The molecule has 1 aliphatic rings. The number of hydrogen-bond donors (Lipinski definition) is 1. The molecule has 0 radical (unpaired) electrons. The first kappa shape index (κ1) is 13.6. The Morgan fingerprint density at radius 2 is 2.44 bits per heavy atom. The highest BCUT2D eigenvalue weighted by atomic mass is 32.1. The van der Waals surface area contributed by atoms with Gasteiger partial charge in [-0.15, -0.1) is 0 Å². The van der Waals surface area contributed by atoms with Crippen molar-refractivity contribution in [2.24, 2.45) is 0 Å². The summed E-state index contributed by atoms with van der Waals surface area (Å²) in [4.78, 5) is 11.6. The van der Waals surface area contributed by atoms with Gasteiger partial charge in [-0.3, -0.25) is 4.79 Å². The first-order chi connectivity index (χ1) is 8.84. The van der Waals surface area contributed by atoms with E-state index in [4.69, 9.17) is 4.74 Å². The molecule has 4 heteroatoms. The van der Waals surface area contributed by atoms with Crippen molar-refractivity contribution in [3.05, 3.63) is 22.4 Å². The summed E-state index contributed by atoms with van der Waals surface area (Å²) in [6.07, 6.45) is 6.74. The van der Waals surface area contributed by atoms with E-state index in [9.17, 15) is 4.79 Å². The van der Waals surface area contributed by atoms with Gasteiger partial charge in [0.2, 0.25) is 5.91 Å². The zero-order chi connectivity index (χ0) is 12.6. The largest absolute Gasteiger partial charge is 0.378 e. The summed E-state index contributed by atoms with van der Waals surface area (Å²) in [6, 6.07) is 2.00. The van der Waals surface area contributed by atoms with Gasteiger partial charge in [-0.25, -0.2) is 0 Å². The lowest BCUT2D eigenvalue weighted by Gasteiger charge is -2.09. The number of nitrogens with one attached hydrogen (secondary N) is 1. The van der Waals surface area contributed by atoms with E-state index in [1.54, 1.807) is 11.3 Å². The van der Waals surface area contributed by atoms with Crippen LogP contribution in [0.15, 0.2) is 16.8 Å². The molecule has 1 fully saturated rings. The topological polar surface area (TPSA) is 38.3 Å². The van der Waals surface area contributed by atoms with Gasteiger partial charge in [-0.05, 0) is 54.5 Å².